The largest absolute Gasteiger partial charge is 0.314 e. The van der Waals surface area contributed by atoms with Crippen LogP contribution < -0.4 is 5.32 Å². The van der Waals surface area contributed by atoms with Gasteiger partial charge in [-0.15, -0.1) is 0 Å². The molecule has 1 fully saturated rings. The van der Waals surface area contributed by atoms with E-state index >= 15 is 0 Å². The summed E-state index contributed by atoms with van der Waals surface area (Å²) in [6.07, 6.45) is 9.26. The van der Waals surface area contributed by atoms with E-state index in [2.05, 4.69) is 30.5 Å². The minimum atomic E-state index is 0.716. The van der Waals surface area contributed by atoms with E-state index < -0.39 is 0 Å². The molecule has 1 N–H and O–H groups in total. The van der Waals surface area contributed by atoms with Crippen molar-refractivity contribution in [2.75, 3.05) is 6.54 Å². The molecule has 0 radical (unpaired) electrons. The lowest BCUT2D eigenvalue weighted by atomic mass is 9.91. The molecular weight excluding hydrogens is 198 g/mol. The summed E-state index contributed by atoms with van der Waals surface area (Å²) in [5, 5.41) is 7.92. The first-order valence-corrected chi connectivity index (χ1v) is 6.52. The highest BCUT2D eigenvalue weighted by atomic mass is 15.3. The Morgan fingerprint density at radius 3 is 3.12 bits per heavy atom. The second-order valence-electron chi connectivity index (χ2n) is 5.02. The van der Waals surface area contributed by atoms with Crippen LogP contribution in [-0.2, 0) is 13.0 Å². The fourth-order valence-electron chi connectivity index (χ4n) is 2.49. The molecule has 2 unspecified atom stereocenters. The van der Waals surface area contributed by atoms with Crippen LogP contribution in [0.4, 0.5) is 0 Å². The summed E-state index contributed by atoms with van der Waals surface area (Å²) in [6, 6.07) is 0.716. The Bertz CT molecular complexity index is 319. The van der Waals surface area contributed by atoms with Crippen LogP contribution in [0.1, 0.15) is 38.7 Å². The maximum Gasteiger partial charge on any atom is 0.0521 e. The van der Waals surface area contributed by atoms with Gasteiger partial charge in [-0.2, -0.15) is 5.10 Å². The minimum absolute atomic E-state index is 0.716. The number of hydrogen-bond donors (Lipinski definition) is 1. The van der Waals surface area contributed by atoms with Gasteiger partial charge < -0.3 is 5.32 Å². The Balaban J connectivity index is 1.78. The average molecular weight is 221 g/mol. The van der Waals surface area contributed by atoms with Crippen LogP contribution in [0.25, 0.3) is 0 Å². The minimum Gasteiger partial charge on any atom is -0.314 e. The topological polar surface area (TPSA) is 29.9 Å². The van der Waals surface area contributed by atoms with Crippen molar-refractivity contribution in [3.8, 4) is 0 Å². The number of rotatable bonds is 4. The Morgan fingerprint density at radius 2 is 2.44 bits per heavy atom. The second kappa shape index (κ2) is 5.48. The summed E-state index contributed by atoms with van der Waals surface area (Å²) in [6.45, 7) is 6.66. The molecular formula is C13H23N3. The molecule has 1 aliphatic heterocycles. The van der Waals surface area contributed by atoms with E-state index in [1.165, 1.54) is 31.4 Å². The number of nitrogens with one attached hydrogen (secondary N) is 1. The maximum atomic E-state index is 4.31. The zero-order chi connectivity index (χ0) is 11.4. The van der Waals surface area contributed by atoms with E-state index in [9.17, 15) is 0 Å². The summed E-state index contributed by atoms with van der Waals surface area (Å²) in [5.74, 6) is 0.893. The summed E-state index contributed by atoms with van der Waals surface area (Å²) in [7, 11) is 0. The predicted octanol–water partition coefficient (Wildman–Crippen LogP) is 2.22. The molecule has 2 atom stereocenters. The van der Waals surface area contributed by atoms with Crippen molar-refractivity contribution in [1.29, 1.82) is 0 Å². The Morgan fingerprint density at radius 1 is 1.56 bits per heavy atom. The molecule has 3 heteroatoms. The summed E-state index contributed by atoms with van der Waals surface area (Å²) < 4.78 is 2.01. The summed E-state index contributed by atoms with van der Waals surface area (Å²) in [5.41, 5.74) is 1.38. The monoisotopic (exact) mass is 221 g/mol. The van der Waals surface area contributed by atoms with Crippen molar-refractivity contribution in [1.82, 2.24) is 15.1 Å². The van der Waals surface area contributed by atoms with Gasteiger partial charge in [0.15, 0.2) is 0 Å². The highest BCUT2D eigenvalue weighted by Gasteiger charge is 2.17. The van der Waals surface area contributed by atoms with Crippen molar-refractivity contribution >= 4 is 0 Å². The molecule has 0 bridgehead atoms. The molecule has 1 aromatic rings. The molecule has 2 rings (SSSR count). The highest BCUT2D eigenvalue weighted by Crippen LogP contribution is 2.18. The van der Waals surface area contributed by atoms with Crippen molar-refractivity contribution in [2.45, 2.75) is 52.1 Å². The van der Waals surface area contributed by atoms with Gasteiger partial charge in [0.05, 0.1) is 6.20 Å². The van der Waals surface area contributed by atoms with Crippen LogP contribution in [0.2, 0.25) is 0 Å². The molecule has 0 aliphatic carbocycles. The molecule has 0 aromatic carbocycles. The van der Waals surface area contributed by atoms with E-state index in [0.29, 0.717) is 6.04 Å². The zero-order valence-electron chi connectivity index (χ0n) is 10.4. The lowest BCUT2D eigenvalue weighted by Crippen LogP contribution is -2.37. The van der Waals surface area contributed by atoms with Crippen molar-refractivity contribution in [2.24, 2.45) is 5.92 Å². The van der Waals surface area contributed by atoms with Gasteiger partial charge in [-0.05, 0) is 50.6 Å². The molecule has 3 nitrogen and oxygen atoms in total. The third-order valence-electron chi connectivity index (χ3n) is 3.55. The number of aryl methyl sites for hydroxylation is 2. The van der Waals surface area contributed by atoms with Gasteiger partial charge in [0.1, 0.15) is 0 Å². The molecule has 16 heavy (non-hydrogen) atoms. The Labute approximate surface area is 98.2 Å². The Kier molecular flexibility index (Phi) is 3.99. The summed E-state index contributed by atoms with van der Waals surface area (Å²) in [4.78, 5) is 0. The van der Waals surface area contributed by atoms with Gasteiger partial charge in [-0.25, -0.2) is 0 Å². The van der Waals surface area contributed by atoms with Crippen LogP contribution in [0, 0.1) is 5.92 Å². The summed E-state index contributed by atoms with van der Waals surface area (Å²) >= 11 is 0. The molecule has 1 aromatic heterocycles. The molecule has 2 heterocycles. The first-order chi connectivity index (χ1) is 7.78. The van der Waals surface area contributed by atoms with Crippen LogP contribution in [0.5, 0.6) is 0 Å². The molecule has 1 aliphatic rings. The van der Waals surface area contributed by atoms with E-state index in [1.807, 2.05) is 10.9 Å². The van der Waals surface area contributed by atoms with E-state index in [-0.39, 0.29) is 0 Å². The van der Waals surface area contributed by atoms with Gasteiger partial charge in [0, 0.05) is 18.8 Å². The fraction of sp³-hybridized carbons (Fsp3) is 0.769. The fourth-order valence-corrected chi connectivity index (χ4v) is 2.49. The normalized spacial score (nSPS) is 25.9. The Hall–Kier alpha value is -0.830. The van der Waals surface area contributed by atoms with Gasteiger partial charge in [-0.3, -0.25) is 4.68 Å². The van der Waals surface area contributed by atoms with Gasteiger partial charge >= 0.3 is 0 Å². The van der Waals surface area contributed by atoms with Gasteiger partial charge in [0.2, 0.25) is 0 Å². The van der Waals surface area contributed by atoms with E-state index in [4.69, 9.17) is 0 Å². The zero-order valence-corrected chi connectivity index (χ0v) is 10.4. The number of piperidine rings is 1. The molecule has 0 spiro atoms. The first kappa shape index (κ1) is 11.6. The number of hydrogen-bond acceptors (Lipinski definition) is 2. The highest BCUT2D eigenvalue weighted by molar-refractivity contribution is 5.04. The molecule has 90 valence electrons. The van der Waals surface area contributed by atoms with E-state index in [1.54, 1.807) is 0 Å². The van der Waals surface area contributed by atoms with Crippen molar-refractivity contribution < 1.29 is 0 Å². The third-order valence-corrected chi connectivity index (χ3v) is 3.55. The quantitative estimate of drug-likeness (QED) is 0.845. The third kappa shape index (κ3) is 3.08. The van der Waals surface area contributed by atoms with Crippen LogP contribution in [-0.4, -0.2) is 22.4 Å². The first-order valence-electron chi connectivity index (χ1n) is 6.52. The average Bonchev–Trinajstić information content (AvgIpc) is 2.74. The standard InChI is InChI=1S/C13H23N3/c1-3-16-10-12(9-15-16)4-5-13-8-11(2)6-7-14-13/h9-11,13-14H,3-8H2,1-2H3. The van der Waals surface area contributed by atoms with Gasteiger partial charge in [-0.1, -0.05) is 6.92 Å². The lowest BCUT2D eigenvalue weighted by molar-refractivity contribution is 0.308. The maximum absolute atomic E-state index is 4.31. The van der Waals surface area contributed by atoms with Crippen LogP contribution in [0.15, 0.2) is 12.4 Å². The predicted molar refractivity (Wildman–Crippen MR) is 66.4 cm³/mol. The van der Waals surface area contributed by atoms with Crippen LogP contribution in [0.3, 0.4) is 0 Å². The molecule has 0 saturated carbocycles. The number of aromatic nitrogens is 2. The molecule has 1 saturated heterocycles. The smallest absolute Gasteiger partial charge is 0.0521 e. The number of nitrogens with zero attached hydrogens (tertiary/aromatic N) is 2. The second-order valence-corrected chi connectivity index (χ2v) is 5.02. The van der Waals surface area contributed by atoms with Crippen molar-refractivity contribution in [3.63, 3.8) is 0 Å². The van der Waals surface area contributed by atoms with Crippen LogP contribution >= 0.6 is 0 Å². The van der Waals surface area contributed by atoms with Gasteiger partial charge in [0.25, 0.3) is 0 Å². The lowest BCUT2D eigenvalue weighted by Gasteiger charge is -2.28. The SMILES string of the molecule is CCn1cc(CCC2CC(C)CCN2)cn1. The molecule has 0 amide bonds. The van der Waals surface area contributed by atoms with E-state index in [0.717, 1.165) is 18.9 Å². The van der Waals surface area contributed by atoms with Crippen molar-refractivity contribution in [3.05, 3.63) is 18.0 Å².